The molecule has 17 nitrogen and oxygen atoms in total. The van der Waals surface area contributed by atoms with Crippen LogP contribution in [0.3, 0.4) is 0 Å². The monoisotopic (exact) mass is 1340 g/mol. The second-order valence-corrected chi connectivity index (χ2v) is 29.6. The number of hydrogen-bond donors (Lipinski definition) is 3. The van der Waals surface area contributed by atoms with Gasteiger partial charge in [-0.15, -0.1) is 0 Å². The van der Waals surface area contributed by atoms with E-state index in [1.54, 1.807) is 0 Å². The molecular formula is C72H140O17P2. The third-order valence-electron chi connectivity index (χ3n) is 17.1. The van der Waals surface area contributed by atoms with Crippen molar-refractivity contribution >= 4 is 39.5 Å². The van der Waals surface area contributed by atoms with Gasteiger partial charge in [-0.3, -0.25) is 37.3 Å². The van der Waals surface area contributed by atoms with Crippen molar-refractivity contribution in [3.8, 4) is 0 Å². The lowest BCUT2D eigenvalue weighted by atomic mass is 10.00. The summed E-state index contributed by atoms with van der Waals surface area (Å²) in [6, 6.07) is 0. The molecule has 0 aliphatic rings. The third-order valence-corrected chi connectivity index (χ3v) is 19.0. The maximum absolute atomic E-state index is 13.0. The van der Waals surface area contributed by atoms with Crippen LogP contribution >= 0.6 is 15.6 Å². The summed E-state index contributed by atoms with van der Waals surface area (Å²) in [4.78, 5) is 72.6. The molecule has 6 atom stereocenters. The van der Waals surface area contributed by atoms with Gasteiger partial charge in [0.2, 0.25) is 0 Å². The Bertz CT molecular complexity index is 1770. The largest absolute Gasteiger partial charge is 0.472 e. The van der Waals surface area contributed by atoms with Gasteiger partial charge in [-0.1, -0.05) is 318 Å². The molecule has 0 radical (unpaired) electrons. The van der Waals surface area contributed by atoms with Crippen molar-refractivity contribution in [2.45, 2.75) is 387 Å². The summed E-state index contributed by atoms with van der Waals surface area (Å²) in [6.45, 7) is 9.55. The quantitative estimate of drug-likeness (QED) is 0.0222. The van der Waals surface area contributed by atoms with Gasteiger partial charge in [-0.25, -0.2) is 9.13 Å². The first-order valence-corrected chi connectivity index (χ1v) is 40.5. The van der Waals surface area contributed by atoms with E-state index in [0.29, 0.717) is 25.7 Å². The van der Waals surface area contributed by atoms with Crippen molar-refractivity contribution in [2.24, 2.45) is 11.8 Å². The maximum atomic E-state index is 13.0. The smallest absolute Gasteiger partial charge is 0.462 e. The van der Waals surface area contributed by atoms with Crippen LogP contribution in [-0.2, 0) is 65.4 Å². The molecule has 0 fully saturated rings. The van der Waals surface area contributed by atoms with Crippen molar-refractivity contribution < 1.29 is 80.2 Å². The molecule has 0 heterocycles. The molecule has 0 aliphatic heterocycles. The summed E-state index contributed by atoms with van der Waals surface area (Å²) in [7, 11) is -9.90. The fourth-order valence-corrected chi connectivity index (χ4v) is 12.5. The van der Waals surface area contributed by atoms with Crippen LogP contribution in [0, 0.1) is 11.8 Å². The summed E-state index contributed by atoms with van der Waals surface area (Å²) in [6.07, 6.45) is 49.8. The average Bonchev–Trinajstić information content (AvgIpc) is 3.42. The van der Waals surface area contributed by atoms with Crippen molar-refractivity contribution in [2.75, 3.05) is 39.6 Å². The van der Waals surface area contributed by atoms with Crippen LogP contribution in [0.5, 0.6) is 0 Å². The number of rotatable bonds is 71. The summed E-state index contributed by atoms with van der Waals surface area (Å²) < 4.78 is 68.4. The zero-order valence-electron chi connectivity index (χ0n) is 59.1. The van der Waals surface area contributed by atoms with Crippen LogP contribution < -0.4 is 0 Å². The summed E-state index contributed by atoms with van der Waals surface area (Å²) >= 11 is 0. The van der Waals surface area contributed by atoms with Gasteiger partial charge in [0.15, 0.2) is 12.2 Å². The molecule has 0 bridgehead atoms. The molecule has 3 unspecified atom stereocenters. The van der Waals surface area contributed by atoms with E-state index in [-0.39, 0.29) is 25.7 Å². The van der Waals surface area contributed by atoms with E-state index in [9.17, 15) is 43.2 Å². The number of aliphatic hydroxyl groups is 1. The molecule has 0 aromatic carbocycles. The van der Waals surface area contributed by atoms with Crippen LogP contribution in [0.2, 0.25) is 0 Å². The molecule has 19 heteroatoms. The van der Waals surface area contributed by atoms with Gasteiger partial charge < -0.3 is 33.8 Å². The van der Waals surface area contributed by atoms with Crippen molar-refractivity contribution in [1.29, 1.82) is 0 Å². The standard InChI is InChI=1S/C72H140O17P2/c1-7-10-12-14-16-18-20-27-31-35-42-48-54-69(74)82-60-67(88-72(77)57-51-45-37-33-29-25-23-22-24-26-30-34-40-46-52-64(4)5)62-86-90(78,79)84-58-66(73)59-85-91(80,81)87-63-68(61-83-70(75)55-49-43-39-38-41-47-53-65(6)9-3)89-71(76)56-50-44-36-32-28-21-19-17-15-13-11-8-2/h64-68,73H,7-63H2,1-6H3,(H,78,79)(H,80,81)/t65?,66-,67-,68-/m1/s1. The number of unbranched alkanes of at least 4 members (excludes halogenated alkanes) is 40. The zero-order valence-corrected chi connectivity index (χ0v) is 60.9. The van der Waals surface area contributed by atoms with Crippen LogP contribution in [-0.4, -0.2) is 96.7 Å². The maximum Gasteiger partial charge on any atom is 0.472 e. The van der Waals surface area contributed by atoms with Crippen molar-refractivity contribution in [1.82, 2.24) is 0 Å². The number of aliphatic hydroxyl groups excluding tert-OH is 1. The molecule has 0 spiro atoms. The number of esters is 4. The minimum atomic E-state index is -4.95. The summed E-state index contributed by atoms with van der Waals surface area (Å²) in [5, 5.41) is 10.6. The van der Waals surface area contributed by atoms with E-state index >= 15 is 0 Å². The van der Waals surface area contributed by atoms with Gasteiger partial charge >= 0.3 is 39.5 Å². The van der Waals surface area contributed by atoms with Gasteiger partial charge in [0.25, 0.3) is 0 Å². The van der Waals surface area contributed by atoms with E-state index in [0.717, 1.165) is 108 Å². The number of ether oxygens (including phenoxy) is 4. The molecular weight excluding hydrogens is 1200 g/mol. The van der Waals surface area contributed by atoms with Gasteiger partial charge in [-0.05, 0) is 37.5 Å². The number of carbonyl (C=O) groups excluding carboxylic acids is 4. The Hall–Kier alpha value is -1.94. The molecule has 0 amide bonds. The predicted octanol–water partition coefficient (Wildman–Crippen LogP) is 20.8. The summed E-state index contributed by atoms with van der Waals surface area (Å²) in [5.41, 5.74) is 0. The summed E-state index contributed by atoms with van der Waals surface area (Å²) in [5.74, 6) is -0.594. The number of phosphoric acid groups is 2. The normalized spacial score (nSPS) is 14.4. The second kappa shape index (κ2) is 64.1. The van der Waals surface area contributed by atoms with Gasteiger partial charge in [-0.2, -0.15) is 0 Å². The lowest BCUT2D eigenvalue weighted by Gasteiger charge is -2.21. The molecule has 0 aromatic heterocycles. The van der Waals surface area contributed by atoms with Crippen molar-refractivity contribution in [3.05, 3.63) is 0 Å². The minimum absolute atomic E-state index is 0.106. The topological polar surface area (TPSA) is 237 Å². The molecule has 0 saturated carbocycles. The fraction of sp³-hybridized carbons (Fsp3) is 0.944. The highest BCUT2D eigenvalue weighted by Crippen LogP contribution is 2.45. The highest BCUT2D eigenvalue weighted by atomic mass is 31.2. The van der Waals surface area contributed by atoms with E-state index in [1.165, 1.54) is 180 Å². The van der Waals surface area contributed by atoms with Crippen LogP contribution in [0.4, 0.5) is 0 Å². The molecule has 91 heavy (non-hydrogen) atoms. The highest BCUT2D eigenvalue weighted by Gasteiger charge is 2.30. The van der Waals surface area contributed by atoms with Crippen LogP contribution in [0.25, 0.3) is 0 Å². The Balaban J connectivity index is 5.24. The Kier molecular flexibility index (Phi) is 62.7. The van der Waals surface area contributed by atoms with E-state index in [4.69, 9.17) is 37.0 Å². The third kappa shape index (κ3) is 65.1. The number of carbonyl (C=O) groups is 4. The molecule has 0 rings (SSSR count). The number of phosphoric ester groups is 2. The first-order chi connectivity index (χ1) is 43.9. The zero-order chi connectivity index (χ0) is 67.2. The van der Waals surface area contributed by atoms with Crippen LogP contribution in [0.1, 0.15) is 369 Å². The Morgan fingerprint density at radius 3 is 0.835 bits per heavy atom. The molecule has 3 N–H and O–H groups in total. The second-order valence-electron chi connectivity index (χ2n) is 26.7. The fourth-order valence-electron chi connectivity index (χ4n) is 10.9. The highest BCUT2D eigenvalue weighted by molar-refractivity contribution is 7.47. The predicted molar refractivity (Wildman–Crippen MR) is 368 cm³/mol. The van der Waals surface area contributed by atoms with E-state index in [1.807, 2.05) is 0 Å². The van der Waals surface area contributed by atoms with E-state index < -0.39 is 97.5 Å². The Labute approximate surface area is 556 Å². The molecule has 0 aliphatic carbocycles. The van der Waals surface area contributed by atoms with Gasteiger partial charge in [0.05, 0.1) is 26.4 Å². The average molecular weight is 1340 g/mol. The molecule has 0 aromatic rings. The number of hydrogen-bond acceptors (Lipinski definition) is 15. The molecule has 0 saturated heterocycles. The Morgan fingerprint density at radius 1 is 0.319 bits per heavy atom. The first-order valence-electron chi connectivity index (χ1n) is 37.5. The van der Waals surface area contributed by atoms with Crippen LogP contribution in [0.15, 0.2) is 0 Å². The van der Waals surface area contributed by atoms with E-state index in [2.05, 4.69) is 41.5 Å². The van der Waals surface area contributed by atoms with Gasteiger partial charge in [0.1, 0.15) is 19.3 Å². The lowest BCUT2D eigenvalue weighted by molar-refractivity contribution is -0.161. The lowest BCUT2D eigenvalue weighted by Crippen LogP contribution is -2.30. The SMILES string of the molecule is CCCCCCCCCCCCCCC(=O)OC[C@H](COP(=O)(O)OC[C@@H](O)COP(=O)(O)OC[C@@H](COC(=O)CCCCCCCCC(C)CC)OC(=O)CCCCCCCCCCCCCC)OC(=O)CCCCCCCCCCCCCCCCC(C)C. The first kappa shape index (κ1) is 89.1. The Morgan fingerprint density at radius 2 is 0.560 bits per heavy atom. The molecule has 540 valence electrons. The van der Waals surface area contributed by atoms with Gasteiger partial charge in [0, 0.05) is 25.7 Å². The van der Waals surface area contributed by atoms with Crippen molar-refractivity contribution in [3.63, 3.8) is 0 Å². The minimum Gasteiger partial charge on any atom is -0.462 e.